The van der Waals surface area contributed by atoms with Gasteiger partial charge in [0.2, 0.25) is 5.91 Å². The normalized spacial score (nSPS) is 13.5. The Hall–Kier alpha value is -1.46. The van der Waals surface area contributed by atoms with Gasteiger partial charge in [0.15, 0.2) is 0 Å². The third kappa shape index (κ3) is 5.67. The van der Waals surface area contributed by atoms with Crippen LogP contribution in [0.5, 0.6) is 0 Å². The molecule has 1 amide bonds. The zero-order chi connectivity index (χ0) is 15.0. The molecular weight excluding hydrogens is 272 g/mol. The first-order chi connectivity index (χ1) is 9.54. The van der Waals surface area contributed by atoms with Crippen LogP contribution < -0.4 is 11.1 Å². The van der Waals surface area contributed by atoms with E-state index < -0.39 is 5.92 Å². The Balaban J connectivity index is 2.57. The van der Waals surface area contributed by atoms with Crippen LogP contribution in [0.25, 0.3) is 0 Å². The summed E-state index contributed by atoms with van der Waals surface area (Å²) in [6.45, 7) is 4.92. The van der Waals surface area contributed by atoms with Gasteiger partial charge in [0, 0.05) is 13.2 Å². The summed E-state index contributed by atoms with van der Waals surface area (Å²) in [5, 5.41) is 2.84. The molecule has 0 aliphatic heterocycles. The highest BCUT2D eigenvalue weighted by molar-refractivity contribution is 7.80. The number of thiocarbonyl (C=S) groups is 1. The number of ether oxygens (including phenoxy) is 1. The second-order valence-corrected chi connectivity index (χ2v) is 5.13. The molecule has 0 saturated heterocycles. The molecule has 1 aromatic rings. The van der Waals surface area contributed by atoms with Gasteiger partial charge in [0.1, 0.15) is 0 Å². The molecular formula is C15H22N2O2S. The van der Waals surface area contributed by atoms with Crippen molar-refractivity contribution < 1.29 is 9.53 Å². The van der Waals surface area contributed by atoms with E-state index in [-0.39, 0.29) is 17.0 Å². The van der Waals surface area contributed by atoms with Crippen molar-refractivity contribution in [1.82, 2.24) is 5.32 Å². The topological polar surface area (TPSA) is 64.3 Å². The number of hydrogen-bond acceptors (Lipinski definition) is 3. The molecule has 0 saturated carbocycles. The van der Waals surface area contributed by atoms with E-state index in [0.29, 0.717) is 19.6 Å². The Bertz CT molecular complexity index is 437. The Morgan fingerprint density at radius 1 is 1.40 bits per heavy atom. The molecule has 20 heavy (non-hydrogen) atoms. The maximum atomic E-state index is 12.2. The number of carbonyl (C=O) groups is 1. The number of nitrogens with one attached hydrogen (secondary N) is 1. The lowest BCUT2D eigenvalue weighted by Gasteiger charge is -2.18. The molecule has 4 nitrogen and oxygen atoms in total. The second kappa shape index (κ2) is 8.66. The minimum Gasteiger partial charge on any atom is -0.393 e. The molecule has 1 aromatic carbocycles. The summed E-state index contributed by atoms with van der Waals surface area (Å²) < 4.78 is 5.37. The third-order valence-corrected chi connectivity index (χ3v) is 3.24. The summed E-state index contributed by atoms with van der Waals surface area (Å²) in [6.07, 6.45) is 0.498. The standard InChI is InChI=1S/C15H22N2O2S/c1-3-19-11(2)10-17-15(18)13(14(16)20)9-12-7-5-4-6-8-12/h4-8,11,13H,3,9-10H2,1-2H3,(H2,16,20)(H,17,18). The van der Waals surface area contributed by atoms with Crippen LogP contribution in [0.3, 0.4) is 0 Å². The van der Waals surface area contributed by atoms with Gasteiger partial charge in [-0.15, -0.1) is 0 Å². The van der Waals surface area contributed by atoms with Gasteiger partial charge < -0.3 is 15.8 Å². The summed E-state index contributed by atoms with van der Waals surface area (Å²) in [4.78, 5) is 12.4. The van der Waals surface area contributed by atoms with Crippen LogP contribution in [0.2, 0.25) is 0 Å². The maximum absolute atomic E-state index is 12.2. The zero-order valence-electron chi connectivity index (χ0n) is 12.0. The van der Waals surface area contributed by atoms with E-state index in [4.69, 9.17) is 22.7 Å². The quantitative estimate of drug-likeness (QED) is 0.716. The smallest absolute Gasteiger partial charge is 0.230 e. The number of nitrogens with two attached hydrogens (primary N) is 1. The van der Waals surface area contributed by atoms with Crippen LogP contribution >= 0.6 is 12.2 Å². The molecule has 3 N–H and O–H groups in total. The lowest BCUT2D eigenvalue weighted by molar-refractivity contribution is -0.123. The van der Waals surface area contributed by atoms with Crippen LogP contribution in [0, 0.1) is 5.92 Å². The van der Waals surface area contributed by atoms with E-state index >= 15 is 0 Å². The third-order valence-electron chi connectivity index (χ3n) is 2.96. The highest BCUT2D eigenvalue weighted by Crippen LogP contribution is 2.09. The molecule has 0 heterocycles. The average molecular weight is 294 g/mol. The zero-order valence-corrected chi connectivity index (χ0v) is 12.8. The van der Waals surface area contributed by atoms with Crippen molar-refractivity contribution >= 4 is 23.1 Å². The number of rotatable bonds is 8. The van der Waals surface area contributed by atoms with Crippen molar-refractivity contribution in [2.75, 3.05) is 13.2 Å². The summed E-state index contributed by atoms with van der Waals surface area (Å²) in [6, 6.07) is 9.72. The highest BCUT2D eigenvalue weighted by Gasteiger charge is 2.22. The fraction of sp³-hybridized carbons (Fsp3) is 0.467. The van der Waals surface area contributed by atoms with Crippen molar-refractivity contribution in [2.24, 2.45) is 11.7 Å². The van der Waals surface area contributed by atoms with Crippen LogP contribution in [-0.4, -0.2) is 30.2 Å². The molecule has 5 heteroatoms. The summed E-state index contributed by atoms with van der Waals surface area (Å²) >= 11 is 5.01. The van der Waals surface area contributed by atoms with Crippen LogP contribution in [0.4, 0.5) is 0 Å². The first kappa shape index (κ1) is 16.6. The molecule has 2 unspecified atom stereocenters. The largest absolute Gasteiger partial charge is 0.393 e. The van der Waals surface area contributed by atoms with Gasteiger partial charge in [-0.1, -0.05) is 42.5 Å². The van der Waals surface area contributed by atoms with Crippen LogP contribution in [0.1, 0.15) is 19.4 Å². The van der Waals surface area contributed by atoms with Gasteiger partial charge in [-0.3, -0.25) is 4.79 Å². The van der Waals surface area contributed by atoms with Crippen molar-refractivity contribution in [3.05, 3.63) is 35.9 Å². The van der Waals surface area contributed by atoms with Crippen molar-refractivity contribution in [2.45, 2.75) is 26.4 Å². The van der Waals surface area contributed by atoms with E-state index in [1.165, 1.54) is 0 Å². The first-order valence-electron chi connectivity index (χ1n) is 6.77. The molecule has 0 spiro atoms. The summed E-state index contributed by atoms with van der Waals surface area (Å²) in [5.74, 6) is -0.630. The van der Waals surface area contributed by atoms with Gasteiger partial charge in [-0.2, -0.15) is 0 Å². The van der Waals surface area contributed by atoms with E-state index in [1.807, 2.05) is 44.2 Å². The Morgan fingerprint density at radius 3 is 2.60 bits per heavy atom. The lowest BCUT2D eigenvalue weighted by atomic mass is 9.98. The Kier molecular flexibility index (Phi) is 7.18. The number of carbonyl (C=O) groups excluding carboxylic acids is 1. The Labute approximate surface area is 125 Å². The number of benzene rings is 1. The molecule has 2 atom stereocenters. The van der Waals surface area contributed by atoms with Gasteiger partial charge in [0.25, 0.3) is 0 Å². The minimum atomic E-state index is -0.485. The molecule has 0 aromatic heterocycles. The predicted octanol–water partition coefficient (Wildman–Crippen LogP) is 1.67. The predicted molar refractivity (Wildman–Crippen MR) is 84.5 cm³/mol. The van der Waals surface area contributed by atoms with Crippen LogP contribution in [-0.2, 0) is 16.0 Å². The lowest BCUT2D eigenvalue weighted by Crippen LogP contribution is -2.42. The van der Waals surface area contributed by atoms with Gasteiger partial charge in [-0.25, -0.2) is 0 Å². The van der Waals surface area contributed by atoms with Crippen molar-refractivity contribution in [3.63, 3.8) is 0 Å². The van der Waals surface area contributed by atoms with E-state index in [1.54, 1.807) is 0 Å². The fourth-order valence-electron chi connectivity index (χ4n) is 1.88. The fourth-order valence-corrected chi connectivity index (χ4v) is 2.07. The molecule has 0 radical (unpaired) electrons. The molecule has 0 aliphatic carbocycles. The van der Waals surface area contributed by atoms with E-state index in [0.717, 1.165) is 5.56 Å². The molecule has 1 rings (SSSR count). The van der Waals surface area contributed by atoms with Gasteiger partial charge in [-0.05, 0) is 25.8 Å². The first-order valence-corrected chi connectivity index (χ1v) is 7.18. The maximum Gasteiger partial charge on any atom is 0.230 e. The molecule has 0 aliphatic rings. The highest BCUT2D eigenvalue weighted by atomic mass is 32.1. The molecule has 0 fully saturated rings. The Morgan fingerprint density at radius 2 is 2.05 bits per heavy atom. The molecule has 110 valence electrons. The molecule has 0 bridgehead atoms. The second-order valence-electron chi connectivity index (χ2n) is 4.66. The monoisotopic (exact) mass is 294 g/mol. The van der Waals surface area contributed by atoms with Gasteiger partial charge >= 0.3 is 0 Å². The van der Waals surface area contributed by atoms with Crippen molar-refractivity contribution in [3.8, 4) is 0 Å². The SMILES string of the molecule is CCOC(C)CNC(=O)C(Cc1ccccc1)C(N)=S. The summed E-state index contributed by atoms with van der Waals surface area (Å²) in [7, 11) is 0. The van der Waals surface area contributed by atoms with Gasteiger partial charge in [0.05, 0.1) is 17.0 Å². The number of hydrogen-bond donors (Lipinski definition) is 2. The minimum absolute atomic E-state index is 0.0207. The van der Waals surface area contributed by atoms with Crippen LogP contribution in [0.15, 0.2) is 30.3 Å². The van der Waals surface area contributed by atoms with Crippen molar-refractivity contribution in [1.29, 1.82) is 0 Å². The van der Waals surface area contributed by atoms with E-state index in [9.17, 15) is 4.79 Å². The van der Waals surface area contributed by atoms with E-state index in [2.05, 4.69) is 5.32 Å². The summed E-state index contributed by atoms with van der Waals surface area (Å²) in [5.41, 5.74) is 6.73. The average Bonchev–Trinajstić information content (AvgIpc) is 2.43. The number of amides is 1.